The van der Waals surface area contributed by atoms with E-state index in [2.05, 4.69) is 13.8 Å². The first-order chi connectivity index (χ1) is 9.26. The molecule has 20 heavy (non-hydrogen) atoms. The van der Waals surface area contributed by atoms with Crippen molar-refractivity contribution in [2.45, 2.75) is 46.0 Å². The Hall–Kier alpha value is -1.45. The molecule has 4 heteroatoms. The molecule has 1 saturated carbocycles. The standard InChI is InChI=1S/C16H20F2O2/c1-15(2)6-8-16(9-7-15,14(19)20)10-11-12(17)4-3-5-13(11)18/h3-5H,6-10H2,1-2H3,(H,19,20). The molecular formula is C16H20F2O2. The van der Waals surface area contributed by atoms with Crippen LogP contribution in [-0.2, 0) is 11.2 Å². The molecule has 1 fully saturated rings. The van der Waals surface area contributed by atoms with Crippen LogP contribution in [0.3, 0.4) is 0 Å². The lowest BCUT2D eigenvalue weighted by Crippen LogP contribution is -2.40. The van der Waals surface area contributed by atoms with Gasteiger partial charge in [0.2, 0.25) is 0 Å². The minimum absolute atomic E-state index is 0.0725. The average molecular weight is 282 g/mol. The molecule has 0 amide bonds. The molecule has 0 radical (unpaired) electrons. The second kappa shape index (κ2) is 5.15. The highest BCUT2D eigenvalue weighted by molar-refractivity contribution is 5.75. The number of hydrogen-bond donors (Lipinski definition) is 1. The van der Waals surface area contributed by atoms with Crippen molar-refractivity contribution in [1.29, 1.82) is 0 Å². The lowest BCUT2D eigenvalue weighted by Gasteiger charge is -2.41. The van der Waals surface area contributed by atoms with Gasteiger partial charge in [-0.25, -0.2) is 8.78 Å². The van der Waals surface area contributed by atoms with Crippen molar-refractivity contribution in [1.82, 2.24) is 0 Å². The molecule has 0 atom stereocenters. The lowest BCUT2D eigenvalue weighted by atomic mass is 9.63. The van der Waals surface area contributed by atoms with E-state index < -0.39 is 23.0 Å². The van der Waals surface area contributed by atoms with E-state index in [1.807, 2.05) is 0 Å². The van der Waals surface area contributed by atoms with Crippen molar-refractivity contribution in [3.05, 3.63) is 35.4 Å². The van der Waals surface area contributed by atoms with Gasteiger partial charge in [0.1, 0.15) is 11.6 Å². The Morgan fingerprint density at radius 1 is 1.15 bits per heavy atom. The summed E-state index contributed by atoms with van der Waals surface area (Å²) in [6.07, 6.45) is 2.37. The predicted molar refractivity (Wildman–Crippen MR) is 72.4 cm³/mol. The van der Waals surface area contributed by atoms with Crippen LogP contribution >= 0.6 is 0 Å². The van der Waals surface area contributed by atoms with Gasteiger partial charge in [0.15, 0.2) is 0 Å². The molecule has 0 aromatic heterocycles. The third-order valence-corrected chi connectivity index (χ3v) is 4.59. The molecule has 1 aromatic carbocycles. The van der Waals surface area contributed by atoms with E-state index in [1.165, 1.54) is 18.2 Å². The normalized spacial score (nSPS) is 20.6. The Labute approximate surface area is 117 Å². The summed E-state index contributed by atoms with van der Waals surface area (Å²) in [7, 11) is 0. The highest BCUT2D eigenvalue weighted by Gasteiger charge is 2.44. The summed E-state index contributed by atoms with van der Waals surface area (Å²) in [5.74, 6) is -2.26. The fourth-order valence-electron chi connectivity index (χ4n) is 2.91. The van der Waals surface area contributed by atoms with E-state index in [-0.39, 0.29) is 17.4 Å². The van der Waals surface area contributed by atoms with Gasteiger partial charge in [-0.3, -0.25) is 4.79 Å². The first-order valence-electron chi connectivity index (χ1n) is 6.92. The van der Waals surface area contributed by atoms with Crippen LogP contribution in [0.1, 0.15) is 45.1 Å². The average Bonchev–Trinajstić information content (AvgIpc) is 2.36. The van der Waals surface area contributed by atoms with Gasteiger partial charge in [-0.05, 0) is 49.7 Å². The monoisotopic (exact) mass is 282 g/mol. The molecule has 2 rings (SSSR count). The second-order valence-corrected chi connectivity index (χ2v) is 6.63. The lowest BCUT2D eigenvalue weighted by molar-refractivity contribution is -0.152. The molecule has 1 aromatic rings. The van der Waals surface area contributed by atoms with Crippen LogP contribution in [0.15, 0.2) is 18.2 Å². The van der Waals surface area contributed by atoms with Gasteiger partial charge in [0, 0.05) is 5.56 Å². The predicted octanol–water partition coefficient (Wildman–Crippen LogP) is 4.18. The van der Waals surface area contributed by atoms with Gasteiger partial charge in [-0.1, -0.05) is 19.9 Å². The summed E-state index contributed by atoms with van der Waals surface area (Å²) in [6.45, 7) is 4.20. The molecule has 1 aliphatic rings. The Morgan fingerprint density at radius 2 is 1.65 bits per heavy atom. The van der Waals surface area contributed by atoms with Gasteiger partial charge in [-0.15, -0.1) is 0 Å². The Kier molecular flexibility index (Phi) is 3.85. The van der Waals surface area contributed by atoms with E-state index in [9.17, 15) is 18.7 Å². The van der Waals surface area contributed by atoms with Crippen LogP contribution in [0.5, 0.6) is 0 Å². The number of aliphatic carboxylic acids is 1. The largest absolute Gasteiger partial charge is 0.481 e. The Balaban J connectivity index is 2.30. The van der Waals surface area contributed by atoms with Crippen molar-refractivity contribution in [2.75, 3.05) is 0 Å². The van der Waals surface area contributed by atoms with Gasteiger partial charge < -0.3 is 5.11 Å². The molecule has 110 valence electrons. The fourth-order valence-corrected chi connectivity index (χ4v) is 2.91. The zero-order valence-corrected chi connectivity index (χ0v) is 11.9. The maximum Gasteiger partial charge on any atom is 0.309 e. The number of carboxylic acids is 1. The summed E-state index contributed by atoms with van der Waals surface area (Å²) >= 11 is 0. The number of halogens is 2. The van der Waals surface area contributed by atoms with Crippen molar-refractivity contribution < 1.29 is 18.7 Å². The molecule has 0 spiro atoms. The zero-order chi connectivity index (χ0) is 15.0. The highest BCUT2D eigenvalue weighted by Crippen LogP contribution is 2.47. The highest BCUT2D eigenvalue weighted by atomic mass is 19.1. The van der Waals surface area contributed by atoms with Crippen molar-refractivity contribution in [2.24, 2.45) is 10.8 Å². The summed E-state index contributed by atoms with van der Waals surface area (Å²) in [5.41, 5.74) is -1.04. The smallest absolute Gasteiger partial charge is 0.309 e. The number of carboxylic acid groups (broad SMARTS) is 1. The molecule has 0 aliphatic heterocycles. The maximum absolute atomic E-state index is 13.8. The number of hydrogen-bond acceptors (Lipinski definition) is 1. The third kappa shape index (κ3) is 2.84. The zero-order valence-electron chi connectivity index (χ0n) is 11.9. The Bertz CT molecular complexity index is 493. The third-order valence-electron chi connectivity index (χ3n) is 4.59. The first kappa shape index (κ1) is 14.9. The summed E-state index contributed by atoms with van der Waals surface area (Å²) in [6, 6.07) is 3.66. The molecule has 0 heterocycles. The molecule has 2 nitrogen and oxygen atoms in total. The van der Waals surface area contributed by atoms with Crippen LogP contribution in [0, 0.1) is 22.5 Å². The van der Waals surface area contributed by atoms with Crippen LogP contribution in [0.25, 0.3) is 0 Å². The van der Waals surface area contributed by atoms with Gasteiger partial charge >= 0.3 is 5.97 Å². The summed E-state index contributed by atoms with van der Waals surface area (Å²) < 4.78 is 27.5. The molecule has 1 aliphatic carbocycles. The quantitative estimate of drug-likeness (QED) is 0.903. The van der Waals surface area contributed by atoms with Crippen molar-refractivity contribution in [3.63, 3.8) is 0 Å². The minimum Gasteiger partial charge on any atom is -0.481 e. The van der Waals surface area contributed by atoms with Gasteiger partial charge in [-0.2, -0.15) is 0 Å². The van der Waals surface area contributed by atoms with Crippen LogP contribution in [0.2, 0.25) is 0 Å². The van der Waals surface area contributed by atoms with E-state index in [0.717, 1.165) is 12.8 Å². The second-order valence-electron chi connectivity index (χ2n) is 6.63. The van der Waals surface area contributed by atoms with E-state index in [4.69, 9.17) is 0 Å². The van der Waals surface area contributed by atoms with Crippen molar-refractivity contribution >= 4 is 5.97 Å². The number of rotatable bonds is 3. The maximum atomic E-state index is 13.8. The fraction of sp³-hybridized carbons (Fsp3) is 0.562. The molecule has 0 bridgehead atoms. The molecule has 0 unspecified atom stereocenters. The van der Waals surface area contributed by atoms with Gasteiger partial charge in [0.05, 0.1) is 5.41 Å². The van der Waals surface area contributed by atoms with Crippen LogP contribution < -0.4 is 0 Å². The van der Waals surface area contributed by atoms with Crippen LogP contribution in [0.4, 0.5) is 8.78 Å². The van der Waals surface area contributed by atoms with Crippen LogP contribution in [-0.4, -0.2) is 11.1 Å². The summed E-state index contributed by atoms with van der Waals surface area (Å²) in [5, 5.41) is 9.56. The molecular weight excluding hydrogens is 262 g/mol. The SMILES string of the molecule is CC1(C)CCC(Cc2c(F)cccc2F)(C(=O)O)CC1. The number of benzene rings is 1. The van der Waals surface area contributed by atoms with E-state index in [1.54, 1.807) is 0 Å². The van der Waals surface area contributed by atoms with Crippen molar-refractivity contribution in [3.8, 4) is 0 Å². The Morgan fingerprint density at radius 3 is 2.10 bits per heavy atom. The van der Waals surface area contributed by atoms with E-state index >= 15 is 0 Å². The first-order valence-corrected chi connectivity index (χ1v) is 6.92. The molecule has 0 saturated heterocycles. The van der Waals surface area contributed by atoms with E-state index in [0.29, 0.717) is 12.8 Å². The molecule has 1 N–H and O–H groups in total. The topological polar surface area (TPSA) is 37.3 Å². The summed E-state index contributed by atoms with van der Waals surface area (Å²) in [4.78, 5) is 11.7. The minimum atomic E-state index is -1.04. The number of carbonyl (C=O) groups is 1. The van der Waals surface area contributed by atoms with Gasteiger partial charge in [0.25, 0.3) is 0 Å².